The third kappa shape index (κ3) is 6.78. The molecular weight excluding hydrogens is 633 g/mol. The molecule has 5 heterocycles. The molecule has 2 aliphatic heterocycles. The molecular formula is C33H35F3N6O4S. The summed E-state index contributed by atoms with van der Waals surface area (Å²) < 4.78 is 72.4. The normalized spacial score (nSPS) is 23.0. The monoisotopic (exact) mass is 668 g/mol. The number of aromatic nitrogens is 5. The second-order valence-corrected chi connectivity index (χ2v) is 14.9. The van der Waals surface area contributed by atoms with Gasteiger partial charge in [0.2, 0.25) is 5.91 Å². The first-order chi connectivity index (χ1) is 22.5. The molecule has 248 valence electrons. The second kappa shape index (κ2) is 12.4. The third-order valence-corrected chi connectivity index (χ3v) is 11.3. The number of carbonyl (C=O) groups excluding carboxylic acids is 1. The quantitative estimate of drug-likeness (QED) is 0.262. The molecule has 0 N–H and O–H groups in total. The topological polar surface area (TPSA) is 112 Å². The summed E-state index contributed by atoms with van der Waals surface area (Å²) in [5.74, 6) is 2.75. The zero-order valence-electron chi connectivity index (χ0n) is 25.6. The Labute approximate surface area is 270 Å². The fraction of sp³-hybridized carbons (Fsp3) is 0.455. The molecule has 1 atom stereocenters. The van der Waals surface area contributed by atoms with Gasteiger partial charge in [0.15, 0.2) is 21.4 Å². The fourth-order valence-electron chi connectivity index (χ4n) is 6.87. The molecule has 47 heavy (non-hydrogen) atoms. The average molecular weight is 669 g/mol. The van der Waals surface area contributed by atoms with Crippen LogP contribution in [0.1, 0.15) is 49.4 Å². The smallest absolute Gasteiger partial charge is 0.434 e. The van der Waals surface area contributed by atoms with Crippen LogP contribution in [0.4, 0.5) is 13.2 Å². The van der Waals surface area contributed by atoms with E-state index in [1.807, 2.05) is 47.2 Å². The van der Waals surface area contributed by atoms with Gasteiger partial charge in [-0.1, -0.05) is 12.1 Å². The van der Waals surface area contributed by atoms with Crippen LogP contribution in [0.15, 0.2) is 55.0 Å². The Balaban J connectivity index is 0.954. The highest BCUT2D eigenvalue weighted by Crippen LogP contribution is 2.34. The van der Waals surface area contributed by atoms with Crippen molar-refractivity contribution in [3.63, 3.8) is 0 Å². The Hall–Kier alpha value is -4.20. The first-order valence-electron chi connectivity index (χ1n) is 15.9. The van der Waals surface area contributed by atoms with E-state index in [1.54, 1.807) is 11.1 Å². The van der Waals surface area contributed by atoms with Gasteiger partial charge in [0.1, 0.15) is 17.4 Å². The van der Waals surface area contributed by atoms with E-state index in [9.17, 15) is 26.4 Å². The molecule has 3 aromatic heterocycles. The summed E-state index contributed by atoms with van der Waals surface area (Å²) in [6, 6.07) is 9.58. The van der Waals surface area contributed by atoms with Crippen molar-refractivity contribution in [1.82, 2.24) is 29.0 Å². The number of carbonyl (C=O) groups is 1. The molecule has 7 rings (SSSR count). The number of hydrogen-bond donors (Lipinski definition) is 0. The van der Waals surface area contributed by atoms with Gasteiger partial charge in [-0.2, -0.15) is 13.2 Å². The zero-order valence-corrected chi connectivity index (χ0v) is 26.5. The molecule has 10 nitrogen and oxygen atoms in total. The molecule has 1 amide bonds. The fourth-order valence-corrected chi connectivity index (χ4v) is 8.71. The molecule has 14 heteroatoms. The van der Waals surface area contributed by atoms with Crippen molar-refractivity contribution < 1.29 is 31.1 Å². The van der Waals surface area contributed by atoms with Gasteiger partial charge in [-0.25, -0.2) is 23.4 Å². The van der Waals surface area contributed by atoms with Crippen molar-refractivity contribution in [3.05, 3.63) is 72.3 Å². The van der Waals surface area contributed by atoms with E-state index in [1.165, 1.54) is 4.57 Å². The van der Waals surface area contributed by atoms with Crippen molar-refractivity contribution in [2.45, 2.75) is 51.4 Å². The van der Waals surface area contributed by atoms with Crippen LogP contribution in [0.3, 0.4) is 0 Å². The number of hydrogen-bond acceptors (Lipinski definition) is 7. The van der Waals surface area contributed by atoms with Crippen LogP contribution in [-0.4, -0.2) is 68.0 Å². The van der Waals surface area contributed by atoms with E-state index in [0.717, 1.165) is 29.9 Å². The van der Waals surface area contributed by atoms with Crippen LogP contribution >= 0.6 is 0 Å². The minimum atomic E-state index is -4.50. The highest BCUT2D eigenvalue weighted by molar-refractivity contribution is 7.91. The summed E-state index contributed by atoms with van der Waals surface area (Å²) in [5, 5.41) is 0.913. The lowest BCUT2D eigenvalue weighted by Crippen LogP contribution is -2.42. The molecule has 0 bridgehead atoms. The molecule has 0 spiro atoms. The standard InChI is InChI=1S/C33H35F3N6O4S/c34-33(35,36)28-18-40-15-16-41(19-31(40)38-28)32(43)24-7-4-22(5-8-24)6-9-29-37-13-10-30(39-29)42-14-11-25-26(42)2-1-3-27(25)46-20-23-12-17-47(44,45)21-23/h1-3,6,9-11,13-14,18,22-24H,4-5,7-8,12,15-17,19-21H2/b9-6-. The minimum absolute atomic E-state index is 0.00318. The number of ether oxygens (including phenoxy) is 1. The molecule has 2 fully saturated rings. The number of halogens is 3. The maximum absolute atomic E-state index is 13.2. The molecule has 1 aliphatic carbocycles. The Morgan fingerprint density at radius 2 is 1.87 bits per heavy atom. The molecule has 1 saturated heterocycles. The minimum Gasteiger partial charge on any atom is -0.493 e. The lowest BCUT2D eigenvalue weighted by atomic mass is 9.81. The Morgan fingerprint density at radius 1 is 1.04 bits per heavy atom. The number of imidazole rings is 1. The van der Waals surface area contributed by atoms with Crippen LogP contribution in [0.5, 0.6) is 5.75 Å². The van der Waals surface area contributed by atoms with Gasteiger partial charge in [-0.15, -0.1) is 0 Å². The first-order valence-corrected chi connectivity index (χ1v) is 17.7. The second-order valence-electron chi connectivity index (χ2n) is 12.7. The van der Waals surface area contributed by atoms with Crippen LogP contribution < -0.4 is 4.74 Å². The molecule has 0 radical (unpaired) electrons. The summed E-state index contributed by atoms with van der Waals surface area (Å²) in [6.07, 6.45) is 7.87. The summed E-state index contributed by atoms with van der Waals surface area (Å²) >= 11 is 0. The lowest BCUT2D eigenvalue weighted by molar-refractivity contribution is -0.141. The Morgan fingerprint density at radius 3 is 2.64 bits per heavy atom. The number of nitrogens with zero attached hydrogens (tertiary/aromatic N) is 6. The first kappa shape index (κ1) is 31.4. The predicted octanol–water partition coefficient (Wildman–Crippen LogP) is 5.31. The molecule has 1 saturated carbocycles. The molecule has 4 aromatic rings. The van der Waals surface area contributed by atoms with E-state index >= 15 is 0 Å². The van der Waals surface area contributed by atoms with Crippen LogP contribution in [0, 0.1) is 17.8 Å². The van der Waals surface area contributed by atoms with Gasteiger partial charge in [-0.3, -0.25) is 4.79 Å². The lowest BCUT2D eigenvalue weighted by Gasteiger charge is -2.33. The number of allylic oxidation sites excluding steroid dienone is 1. The number of benzene rings is 1. The zero-order chi connectivity index (χ0) is 32.8. The number of sulfone groups is 1. The van der Waals surface area contributed by atoms with Gasteiger partial charge in [0.05, 0.1) is 30.2 Å². The third-order valence-electron chi connectivity index (χ3n) is 9.44. The van der Waals surface area contributed by atoms with Crippen molar-refractivity contribution in [2.75, 3.05) is 24.7 Å². The molecule has 3 aliphatic rings. The Bertz CT molecular complexity index is 1930. The summed E-state index contributed by atoms with van der Waals surface area (Å²) in [6.45, 7) is 1.15. The van der Waals surface area contributed by atoms with Crippen LogP contribution in [-0.2, 0) is 33.9 Å². The van der Waals surface area contributed by atoms with Gasteiger partial charge in [0, 0.05) is 48.9 Å². The van der Waals surface area contributed by atoms with Gasteiger partial charge < -0.3 is 18.8 Å². The van der Waals surface area contributed by atoms with Crippen molar-refractivity contribution in [2.24, 2.45) is 17.8 Å². The van der Waals surface area contributed by atoms with E-state index in [-0.39, 0.29) is 47.5 Å². The number of amides is 1. The van der Waals surface area contributed by atoms with E-state index < -0.39 is 21.7 Å². The maximum Gasteiger partial charge on any atom is 0.434 e. The number of rotatable bonds is 7. The number of fused-ring (bicyclic) bond motifs is 2. The van der Waals surface area contributed by atoms with Gasteiger partial charge in [0.25, 0.3) is 0 Å². The van der Waals surface area contributed by atoms with Crippen molar-refractivity contribution in [1.29, 1.82) is 0 Å². The Kier molecular flexibility index (Phi) is 8.31. The van der Waals surface area contributed by atoms with Crippen LogP contribution in [0.25, 0.3) is 22.8 Å². The SMILES string of the molecule is O=C(C1CCC(/C=C\c2nccc(-n3ccc4c(OCC5CCS(=O)(=O)C5)cccc43)n2)CC1)N1CCn2cc(C(F)(F)F)nc2C1. The van der Waals surface area contributed by atoms with Crippen LogP contribution in [0.2, 0.25) is 0 Å². The largest absolute Gasteiger partial charge is 0.493 e. The van der Waals surface area contributed by atoms with E-state index in [0.29, 0.717) is 56.4 Å². The highest BCUT2D eigenvalue weighted by Gasteiger charge is 2.37. The predicted molar refractivity (Wildman–Crippen MR) is 168 cm³/mol. The van der Waals surface area contributed by atoms with E-state index in [2.05, 4.69) is 16.0 Å². The van der Waals surface area contributed by atoms with Crippen molar-refractivity contribution >= 4 is 32.7 Å². The average Bonchev–Trinajstić information content (AvgIpc) is 3.79. The van der Waals surface area contributed by atoms with Crippen molar-refractivity contribution in [3.8, 4) is 11.6 Å². The highest BCUT2D eigenvalue weighted by atomic mass is 32.2. The van der Waals surface area contributed by atoms with Gasteiger partial charge in [-0.05, 0) is 68.4 Å². The number of alkyl halides is 3. The molecule has 1 aromatic carbocycles. The van der Waals surface area contributed by atoms with E-state index in [4.69, 9.17) is 9.72 Å². The summed E-state index contributed by atoms with van der Waals surface area (Å²) in [5.41, 5.74) is -0.00174. The summed E-state index contributed by atoms with van der Waals surface area (Å²) in [4.78, 5) is 27.8. The van der Waals surface area contributed by atoms with Gasteiger partial charge >= 0.3 is 6.18 Å². The molecule has 1 unspecified atom stereocenters. The summed E-state index contributed by atoms with van der Waals surface area (Å²) in [7, 11) is -2.96. The maximum atomic E-state index is 13.2.